The Kier molecular flexibility index (Phi) is 6.03. The van der Waals surface area contributed by atoms with Crippen LogP contribution in [0, 0.1) is 0 Å². The largest absolute Gasteiger partial charge is 0.305 e. The minimum atomic E-state index is -0.0577. The van der Waals surface area contributed by atoms with E-state index in [4.69, 9.17) is 23.2 Å². The first kappa shape index (κ1) is 16.3. The fourth-order valence-electron chi connectivity index (χ4n) is 2.28. The van der Waals surface area contributed by atoms with Crippen molar-refractivity contribution in [2.75, 3.05) is 6.54 Å². The SMILES string of the molecule is CCCNC(c1cccc(Cl)c1Cl)c1cnnn1CCC. The van der Waals surface area contributed by atoms with Crippen molar-refractivity contribution in [2.24, 2.45) is 0 Å². The van der Waals surface area contributed by atoms with Crippen molar-refractivity contribution in [3.63, 3.8) is 0 Å². The highest BCUT2D eigenvalue weighted by Crippen LogP contribution is 2.33. The topological polar surface area (TPSA) is 42.7 Å². The normalized spacial score (nSPS) is 12.6. The predicted molar refractivity (Wildman–Crippen MR) is 86.9 cm³/mol. The second kappa shape index (κ2) is 7.78. The van der Waals surface area contributed by atoms with Crippen molar-refractivity contribution in [3.05, 3.63) is 45.7 Å². The highest BCUT2D eigenvalue weighted by atomic mass is 35.5. The van der Waals surface area contributed by atoms with Gasteiger partial charge in [-0.15, -0.1) is 5.10 Å². The summed E-state index contributed by atoms with van der Waals surface area (Å²) in [5, 5.41) is 12.9. The second-order valence-electron chi connectivity index (χ2n) is 4.91. The molecule has 21 heavy (non-hydrogen) atoms. The smallest absolute Gasteiger partial charge is 0.0802 e. The number of aromatic nitrogens is 3. The molecule has 1 aromatic carbocycles. The third-order valence-electron chi connectivity index (χ3n) is 3.27. The molecule has 0 saturated carbocycles. The molecule has 114 valence electrons. The summed E-state index contributed by atoms with van der Waals surface area (Å²) in [6.07, 6.45) is 3.82. The van der Waals surface area contributed by atoms with Gasteiger partial charge in [0.25, 0.3) is 0 Å². The van der Waals surface area contributed by atoms with Crippen molar-refractivity contribution >= 4 is 23.2 Å². The van der Waals surface area contributed by atoms with E-state index in [9.17, 15) is 0 Å². The van der Waals surface area contributed by atoms with Gasteiger partial charge in [-0.25, -0.2) is 4.68 Å². The van der Waals surface area contributed by atoms with Gasteiger partial charge in [0.1, 0.15) is 0 Å². The number of nitrogens with one attached hydrogen (secondary N) is 1. The maximum atomic E-state index is 6.39. The van der Waals surface area contributed by atoms with Crippen LogP contribution in [0.15, 0.2) is 24.4 Å². The Bertz CT molecular complexity index is 583. The lowest BCUT2D eigenvalue weighted by molar-refractivity contribution is 0.504. The Morgan fingerprint density at radius 2 is 2.05 bits per heavy atom. The fraction of sp³-hybridized carbons (Fsp3) is 0.467. The van der Waals surface area contributed by atoms with E-state index in [1.165, 1.54) is 0 Å². The lowest BCUT2D eigenvalue weighted by atomic mass is 10.0. The van der Waals surface area contributed by atoms with Crippen LogP contribution < -0.4 is 5.32 Å². The van der Waals surface area contributed by atoms with Crippen molar-refractivity contribution in [2.45, 2.75) is 39.3 Å². The van der Waals surface area contributed by atoms with E-state index in [1.807, 2.05) is 16.8 Å². The van der Waals surface area contributed by atoms with Crippen LogP contribution in [-0.4, -0.2) is 21.5 Å². The molecule has 1 N–H and O–H groups in total. The zero-order valence-electron chi connectivity index (χ0n) is 12.3. The summed E-state index contributed by atoms with van der Waals surface area (Å²) in [6, 6.07) is 5.65. The Morgan fingerprint density at radius 3 is 2.76 bits per heavy atom. The highest BCUT2D eigenvalue weighted by molar-refractivity contribution is 6.42. The molecule has 1 aromatic heterocycles. The molecule has 1 unspecified atom stereocenters. The molecule has 2 aromatic rings. The third-order valence-corrected chi connectivity index (χ3v) is 4.10. The number of hydrogen-bond acceptors (Lipinski definition) is 3. The van der Waals surface area contributed by atoms with Gasteiger partial charge in [-0.2, -0.15) is 0 Å². The minimum absolute atomic E-state index is 0.0577. The van der Waals surface area contributed by atoms with Gasteiger partial charge >= 0.3 is 0 Å². The molecule has 1 atom stereocenters. The average molecular weight is 327 g/mol. The van der Waals surface area contributed by atoms with Gasteiger partial charge in [0.2, 0.25) is 0 Å². The number of halogens is 2. The van der Waals surface area contributed by atoms with Crippen LogP contribution in [-0.2, 0) is 6.54 Å². The molecule has 2 rings (SSSR count). The number of rotatable bonds is 7. The van der Waals surface area contributed by atoms with Crippen molar-refractivity contribution in [1.29, 1.82) is 0 Å². The molecule has 0 bridgehead atoms. The maximum Gasteiger partial charge on any atom is 0.0802 e. The van der Waals surface area contributed by atoms with Crippen LogP contribution in [0.3, 0.4) is 0 Å². The first-order valence-corrected chi connectivity index (χ1v) is 8.00. The summed E-state index contributed by atoms with van der Waals surface area (Å²) in [4.78, 5) is 0. The lowest BCUT2D eigenvalue weighted by Crippen LogP contribution is -2.26. The van der Waals surface area contributed by atoms with Gasteiger partial charge in [0.15, 0.2) is 0 Å². The van der Waals surface area contributed by atoms with Crippen LogP contribution in [0.4, 0.5) is 0 Å². The van der Waals surface area contributed by atoms with Gasteiger partial charge < -0.3 is 5.32 Å². The van der Waals surface area contributed by atoms with Gasteiger partial charge in [-0.1, -0.05) is 54.4 Å². The molecule has 0 aliphatic rings. The summed E-state index contributed by atoms with van der Waals surface area (Å²) in [7, 11) is 0. The molecule has 0 aliphatic carbocycles. The molecule has 0 spiro atoms. The van der Waals surface area contributed by atoms with E-state index in [1.54, 1.807) is 12.3 Å². The second-order valence-corrected chi connectivity index (χ2v) is 5.70. The van der Waals surface area contributed by atoms with Gasteiger partial charge in [-0.05, 0) is 31.0 Å². The van der Waals surface area contributed by atoms with E-state index < -0.39 is 0 Å². The van der Waals surface area contributed by atoms with Gasteiger partial charge in [0, 0.05) is 6.54 Å². The minimum Gasteiger partial charge on any atom is -0.305 e. The standard InChI is InChI=1S/C15H20Cl2N4/c1-3-8-18-15(11-6-5-7-12(16)14(11)17)13-10-19-20-21(13)9-4-2/h5-7,10,15,18H,3-4,8-9H2,1-2H3. The maximum absolute atomic E-state index is 6.39. The number of hydrogen-bond donors (Lipinski definition) is 1. The molecule has 4 nitrogen and oxygen atoms in total. The van der Waals surface area contributed by atoms with Crippen LogP contribution in [0.25, 0.3) is 0 Å². The first-order chi connectivity index (χ1) is 10.2. The molecule has 0 fully saturated rings. The Hall–Kier alpha value is -1.10. The molecule has 0 amide bonds. The predicted octanol–water partition coefficient (Wildman–Crippen LogP) is 4.08. The summed E-state index contributed by atoms with van der Waals surface area (Å²) < 4.78 is 1.92. The van der Waals surface area contributed by atoms with E-state index in [0.29, 0.717) is 10.0 Å². The summed E-state index contributed by atoms with van der Waals surface area (Å²) in [5.74, 6) is 0. The molecule has 6 heteroatoms. The quantitative estimate of drug-likeness (QED) is 0.833. The average Bonchev–Trinajstić information content (AvgIpc) is 2.92. The molecule has 0 aliphatic heterocycles. The Morgan fingerprint density at radius 1 is 1.24 bits per heavy atom. The van der Waals surface area contributed by atoms with Crippen LogP contribution in [0.1, 0.15) is 44.0 Å². The zero-order chi connectivity index (χ0) is 15.2. The Balaban J connectivity index is 2.42. The molecule has 0 saturated heterocycles. The number of nitrogens with zero attached hydrogens (tertiary/aromatic N) is 3. The van der Waals surface area contributed by atoms with Crippen molar-refractivity contribution in [3.8, 4) is 0 Å². The summed E-state index contributed by atoms with van der Waals surface area (Å²) in [5.41, 5.74) is 1.96. The van der Waals surface area contributed by atoms with E-state index in [-0.39, 0.29) is 6.04 Å². The monoisotopic (exact) mass is 326 g/mol. The zero-order valence-corrected chi connectivity index (χ0v) is 13.8. The molecular weight excluding hydrogens is 307 g/mol. The van der Waals surface area contributed by atoms with Crippen LogP contribution in [0.2, 0.25) is 10.0 Å². The Labute approximate surface area is 135 Å². The number of benzene rings is 1. The lowest BCUT2D eigenvalue weighted by Gasteiger charge is -2.21. The van der Waals surface area contributed by atoms with E-state index >= 15 is 0 Å². The van der Waals surface area contributed by atoms with Crippen LogP contribution >= 0.6 is 23.2 Å². The van der Waals surface area contributed by atoms with E-state index in [2.05, 4.69) is 29.5 Å². The van der Waals surface area contributed by atoms with Crippen LogP contribution in [0.5, 0.6) is 0 Å². The molecule has 1 heterocycles. The fourth-order valence-corrected chi connectivity index (χ4v) is 2.70. The van der Waals surface area contributed by atoms with E-state index in [0.717, 1.165) is 37.2 Å². The van der Waals surface area contributed by atoms with Crippen molar-refractivity contribution in [1.82, 2.24) is 20.3 Å². The molecular formula is C15H20Cl2N4. The van der Waals surface area contributed by atoms with Gasteiger partial charge in [-0.3, -0.25) is 0 Å². The third kappa shape index (κ3) is 3.76. The highest BCUT2D eigenvalue weighted by Gasteiger charge is 2.21. The number of aryl methyl sites for hydroxylation is 1. The van der Waals surface area contributed by atoms with Crippen molar-refractivity contribution < 1.29 is 0 Å². The van der Waals surface area contributed by atoms with Gasteiger partial charge in [0.05, 0.1) is 28.0 Å². The summed E-state index contributed by atoms with van der Waals surface area (Å²) in [6.45, 7) is 5.96. The summed E-state index contributed by atoms with van der Waals surface area (Å²) >= 11 is 12.5. The molecule has 0 radical (unpaired) electrons. The first-order valence-electron chi connectivity index (χ1n) is 7.24.